The van der Waals surface area contributed by atoms with E-state index in [0.717, 1.165) is 13.0 Å². The molecule has 0 amide bonds. The number of carbonyl (C=O) groups is 1. The van der Waals surface area contributed by atoms with Crippen LogP contribution in [0, 0.1) is 11.2 Å². The van der Waals surface area contributed by atoms with Crippen molar-refractivity contribution < 1.29 is 9.18 Å². The molecule has 0 saturated heterocycles. The third kappa shape index (κ3) is 5.46. The summed E-state index contributed by atoms with van der Waals surface area (Å²) in [4.78, 5) is 12.2. The second-order valence-electron chi connectivity index (χ2n) is 8.71. The Morgan fingerprint density at radius 2 is 1.69 bits per heavy atom. The van der Waals surface area contributed by atoms with E-state index >= 15 is 0 Å². The number of fused-ring (bicyclic) bond motifs is 1. The van der Waals surface area contributed by atoms with E-state index in [0.29, 0.717) is 23.4 Å². The lowest BCUT2D eigenvalue weighted by atomic mass is 9.63. The third-order valence-corrected chi connectivity index (χ3v) is 6.83. The van der Waals surface area contributed by atoms with E-state index in [9.17, 15) is 9.18 Å². The number of carbonyl (C=O) groups excluding carboxylic acids is 1. The van der Waals surface area contributed by atoms with Gasteiger partial charge in [0.05, 0.1) is 0 Å². The lowest BCUT2D eigenvalue weighted by Gasteiger charge is -2.43. The van der Waals surface area contributed by atoms with E-state index in [2.05, 4.69) is 29.6 Å². The number of rotatable bonds is 6. The van der Waals surface area contributed by atoms with Crippen LogP contribution in [0.2, 0.25) is 0 Å². The summed E-state index contributed by atoms with van der Waals surface area (Å²) in [7, 11) is 0. The van der Waals surface area contributed by atoms with Crippen LogP contribution in [0.15, 0.2) is 48.5 Å². The van der Waals surface area contributed by atoms with E-state index < -0.39 is 0 Å². The SMILES string of the molecule is Cl.O=C(CCCNC1CCC2(CCc3ccccc3C2)CC1)c1ccc(F)cc1. The van der Waals surface area contributed by atoms with Crippen LogP contribution in [0.5, 0.6) is 0 Å². The van der Waals surface area contributed by atoms with E-state index in [1.165, 1.54) is 57.1 Å². The first-order valence-corrected chi connectivity index (χ1v) is 10.7. The van der Waals surface area contributed by atoms with Crippen LogP contribution in [0.3, 0.4) is 0 Å². The van der Waals surface area contributed by atoms with Gasteiger partial charge in [-0.15, -0.1) is 12.4 Å². The topological polar surface area (TPSA) is 29.1 Å². The molecule has 29 heavy (non-hydrogen) atoms. The first kappa shape index (κ1) is 22.0. The maximum absolute atomic E-state index is 12.9. The Kier molecular flexibility index (Phi) is 7.48. The van der Waals surface area contributed by atoms with Gasteiger partial charge in [-0.05, 0) is 98.7 Å². The zero-order valence-corrected chi connectivity index (χ0v) is 17.8. The normalized spacial score (nSPS) is 23.3. The molecule has 2 aliphatic rings. The highest BCUT2D eigenvalue weighted by Crippen LogP contribution is 2.46. The molecule has 2 nitrogen and oxygen atoms in total. The van der Waals surface area contributed by atoms with Crippen molar-refractivity contribution in [2.45, 2.75) is 63.8 Å². The van der Waals surface area contributed by atoms with Crippen LogP contribution >= 0.6 is 12.4 Å². The Morgan fingerprint density at radius 3 is 2.41 bits per heavy atom. The zero-order valence-electron chi connectivity index (χ0n) is 17.0. The molecule has 2 aromatic rings. The average Bonchev–Trinajstić information content (AvgIpc) is 2.73. The summed E-state index contributed by atoms with van der Waals surface area (Å²) < 4.78 is 12.9. The molecule has 0 aliphatic heterocycles. The molecule has 2 aliphatic carbocycles. The highest BCUT2D eigenvalue weighted by molar-refractivity contribution is 5.95. The van der Waals surface area contributed by atoms with Gasteiger partial charge in [0.2, 0.25) is 0 Å². The molecule has 2 aromatic carbocycles. The highest BCUT2D eigenvalue weighted by atomic mass is 35.5. The fraction of sp³-hybridized carbons (Fsp3) is 0.480. The Hall–Kier alpha value is -1.71. The minimum Gasteiger partial charge on any atom is -0.314 e. The van der Waals surface area contributed by atoms with Crippen molar-refractivity contribution in [3.8, 4) is 0 Å². The highest BCUT2D eigenvalue weighted by Gasteiger charge is 2.37. The van der Waals surface area contributed by atoms with Crippen LogP contribution in [-0.2, 0) is 12.8 Å². The summed E-state index contributed by atoms with van der Waals surface area (Å²) in [5.41, 5.74) is 4.25. The Balaban J connectivity index is 0.00000240. The van der Waals surface area contributed by atoms with E-state index in [1.54, 1.807) is 23.3 Å². The maximum atomic E-state index is 12.9. The summed E-state index contributed by atoms with van der Waals surface area (Å²) >= 11 is 0. The molecule has 4 heteroatoms. The smallest absolute Gasteiger partial charge is 0.162 e. The quantitative estimate of drug-likeness (QED) is 0.468. The first-order chi connectivity index (χ1) is 13.6. The molecule has 0 radical (unpaired) electrons. The Bertz CT molecular complexity index is 812. The fourth-order valence-electron chi connectivity index (χ4n) is 5.06. The monoisotopic (exact) mass is 415 g/mol. The second kappa shape index (κ2) is 9.86. The van der Waals surface area contributed by atoms with Crippen molar-refractivity contribution in [3.63, 3.8) is 0 Å². The number of benzene rings is 2. The summed E-state index contributed by atoms with van der Waals surface area (Å²) in [6.07, 6.45) is 10.3. The minimum atomic E-state index is -0.297. The van der Waals surface area contributed by atoms with Crippen molar-refractivity contribution in [1.82, 2.24) is 5.32 Å². The molecule has 156 valence electrons. The Labute approximate surface area is 179 Å². The van der Waals surface area contributed by atoms with Crippen LogP contribution in [-0.4, -0.2) is 18.4 Å². The van der Waals surface area contributed by atoms with Crippen molar-refractivity contribution in [2.24, 2.45) is 5.41 Å². The van der Waals surface area contributed by atoms with Gasteiger partial charge in [0.15, 0.2) is 5.78 Å². The van der Waals surface area contributed by atoms with Gasteiger partial charge in [-0.2, -0.15) is 0 Å². The first-order valence-electron chi connectivity index (χ1n) is 10.7. The molecule has 0 unspecified atom stereocenters. The van der Waals surface area contributed by atoms with E-state index in [1.807, 2.05) is 0 Å². The molecular weight excluding hydrogens is 385 g/mol. The lowest BCUT2D eigenvalue weighted by molar-refractivity contribution is 0.0978. The number of halogens is 2. The van der Waals surface area contributed by atoms with Gasteiger partial charge in [0.25, 0.3) is 0 Å². The summed E-state index contributed by atoms with van der Waals surface area (Å²) in [6.45, 7) is 0.882. The van der Waals surface area contributed by atoms with Crippen molar-refractivity contribution in [3.05, 3.63) is 71.0 Å². The largest absolute Gasteiger partial charge is 0.314 e. The summed E-state index contributed by atoms with van der Waals surface area (Å²) in [5.74, 6) is -0.194. The molecule has 0 bridgehead atoms. The van der Waals surface area contributed by atoms with Gasteiger partial charge in [0.1, 0.15) is 5.82 Å². The number of hydrogen-bond acceptors (Lipinski definition) is 2. The fourth-order valence-corrected chi connectivity index (χ4v) is 5.06. The third-order valence-electron chi connectivity index (χ3n) is 6.83. The number of aryl methyl sites for hydroxylation is 1. The molecule has 1 fully saturated rings. The molecule has 0 heterocycles. The number of Topliss-reactive ketones (excluding diaryl/α,β-unsaturated/α-hetero) is 1. The van der Waals surface area contributed by atoms with Gasteiger partial charge < -0.3 is 5.32 Å². The van der Waals surface area contributed by atoms with Crippen LogP contribution in [0.1, 0.15) is 66.4 Å². The predicted octanol–water partition coefficient (Wildman–Crippen LogP) is 5.92. The van der Waals surface area contributed by atoms with E-state index in [-0.39, 0.29) is 24.0 Å². The van der Waals surface area contributed by atoms with Gasteiger partial charge in [0, 0.05) is 18.0 Å². The van der Waals surface area contributed by atoms with Gasteiger partial charge in [-0.1, -0.05) is 24.3 Å². The van der Waals surface area contributed by atoms with Crippen molar-refractivity contribution in [2.75, 3.05) is 6.54 Å². The van der Waals surface area contributed by atoms with Gasteiger partial charge >= 0.3 is 0 Å². The average molecular weight is 416 g/mol. The predicted molar refractivity (Wildman–Crippen MR) is 118 cm³/mol. The molecule has 4 rings (SSSR count). The minimum absolute atomic E-state index is 0. The maximum Gasteiger partial charge on any atom is 0.162 e. The number of hydrogen-bond donors (Lipinski definition) is 1. The van der Waals surface area contributed by atoms with Gasteiger partial charge in [-0.25, -0.2) is 4.39 Å². The lowest BCUT2D eigenvalue weighted by Crippen LogP contribution is -2.40. The van der Waals surface area contributed by atoms with Crippen LogP contribution in [0.4, 0.5) is 4.39 Å². The molecule has 0 atom stereocenters. The van der Waals surface area contributed by atoms with Crippen molar-refractivity contribution >= 4 is 18.2 Å². The molecule has 0 aromatic heterocycles. The van der Waals surface area contributed by atoms with Crippen LogP contribution in [0.25, 0.3) is 0 Å². The molecule has 1 N–H and O–H groups in total. The zero-order chi connectivity index (χ0) is 19.4. The van der Waals surface area contributed by atoms with Crippen molar-refractivity contribution in [1.29, 1.82) is 0 Å². The van der Waals surface area contributed by atoms with Crippen LogP contribution < -0.4 is 5.32 Å². The summed E-state index contributed by atoms with van der Waals surface area (Å²) in [5, 5.41) is 3.67. The van der Waals surface area contributed by atoms with Gasteiger partial charge in [-0.3, -0.25) is 4.79 Å². The summed E-state index contributed by atoms with van der Waals surface area (Å²) in [6, 6.07) is 15.4. The molecule has 1 spiro atoms. The standard InChI is InChI=1S/C25H30FNO.ClH/c26-22-9-7-20(8-10-22)24(28)6-3-17-27-23-12-15-25(16-13-23)14-11-19-4-1-2-5-21(19)18-25;/h1-2,4-5,7-10,23,27H,3,6,11-18H2;1H. The second-order valence-corrected chi connectivity index (χ2v) is 8.71. The molecule has 1 saturated carbocycles. The van der Waals surface area contributed by atoms with E-state index in [4.69, 9.17) is 0 Å². The number of ketones is 1. The Morgan fingerprint density at radius 1 is 1.00 bits per heavy atom. The molecular formula is C25H31ClFNO. The number of nitrogens with one attached hydrogen (secondary N) is 1.